The number of carbonyl (C=O) groups is 3. The lowest BCUT2D eigenvalue weighted by Gasteiger charge is -2.18. The van der Waals surface area contributed by atoms with E-state index in [2.05, 4.69) is 167 Å². The number of allylic oxidation sites excluding steroid dienone is 24. The average molecular weight is 1150 g/mol. The normalized spacial score (nSPS) is 13.0. The zero-order valence-corrected chi connectivity index (χ0v) is 53.9. The van der Waals surface area contributed by atoms with Crippen LogP contribution in [0.25, 0.3) is 0 Å². The molecule has 0 aromatic heterocycles. The minimum absolute atomic E-state index is 0.0942. The van der Waals surface area contributed by atoms with Gasteiger partial charge in [0.1, 0.15) is 13.2 Å². The van der Waals surface area contributed by atoms with Crippen LogP contribution in [0.15, 0.2) is 146 Å². The Bertz CT molecular complexity index is 1800. The molecule has 0 spiro atoms. The molecule has 0 saturated carbocycles. The monoisotopic (exact) mass is 1150 g/mol. The Balaban J connectivity index is 4.45. The second-order valence-electron chi connectivity index (χ2n) is 22.3. The molecule has 0 bridgehead atoms. The molecule has 0 saturated heterocycles. The summed E-state index contributed by atoms with van der Waals surface area (Å²) in [6, 6.07) is 0. The van der Waals surface area contributed by atoms with E-state index in [-0.39, 0.29) is 31.1 Å². The summed E-state index contributed by atoms with van der Waals surface area (Å²) < 4.78 is 17.0. The molecule has 0 heterocycles. The zero-order chi connectivity index (χ0) is 59.9. The molecule has 1 unspecified atom stereocenters. The molecule has 0 radical (unpaired) electrons. The molecular formula is C77H126O6. The average Bonchev–Trinajstić information content (AvgIpc) is 3.50. The maximum atomic E-state index is 13.0. The van der Waals surface area contributed by atoms with Crippen LogP contribution in [0.5, 0.6) is 0 Å². The SMILES string of the molecule is CC/C=C\C/C=C\C/C=C\C/C=C\C/C=C\CCCCCCCCCCCC(=O)OCC(COC(=O)CCCCCCCCCCC/C=C\C/C=C\CCCCC)OC(=O)CCCCCCC/C=C\C/C=C\C/C=C\C/C=C\C/C=C\CC. The van der Waals surface area contributed by atoms with Crippen molar-refractivity contribution in [3.63, 3.8) is 0 Å². The predicted molar refractivity (Wildman–Crippen MR) is 362 cm³/mol. The molecule has 0 aromatic carbocycles. The first-order chi connectivity index (χ1) is 41.0. The highest BCUT2D eigenvalue weighted by Crippen LogP contribution is 2.16. The summed E-state index contributed by atoms with van der Waals surface area (Å²) >= 11 is 0. The van der Waals surface area contributed by atoms with Gasteiger partial charge in [0, 0.05) is 19.3 Å². The fraction of sp³-hybridized carbons (Fsp3) is 0.649. The Labute approximate surface area is 512 Å². The smallest absolute Gasteiger partial charge is 0.306 e. The van der Waals surface area contributed by atoms with Crippen LogP contribution in [0.2, 0.25) is 0 Å². The summed E-state index contributed by atoms with van der Waals surface area (Å²) in [5, 5.41) is 0. The van der Waals surface area contributed by atoms with Gasteiger partial charge < -0.3 is 14.2 Å². The van der Waals surface area contributed by atoms with Gasteiger partial charge in [-0.25, -0.2) is 0 Å². The third-order valence-corrected chi connectivity index (χ3v) is 14.3. The molecule has 0 N–H and O–H groups in total. The number of esters is 3. The number of unbranched alkanes of at least 4 members (excludes halogenated alkanes) is 26. The fourth-order valence-corrected chi connectivity index (χ4v) is 9.23. The van der Waals surface area contributed by atoms with E-state index in [1.165, 1.54) is 109 Å². The van der Waals surface area contributed by atoms with E-state index in [0.717, 1.165) is 154 Å². The first kappa shape index (κ1) is 78.3. The number of rotatable bonds is 61. The van der Waals surface area contributed by atoms with Gasteiger partial charge in [0.25, 0.3) is 0 Å². The Morgan fingerprint density at radius 1 is 0.253 bits per heavy atom. The summed E-state index contributed by atoms with van der Waals surface area (Å²) in [6.45, 7) is 6.38. The molecule has 83 heavy (non-hydrogen) atoms. The summed E-state index contributed by atoms with van der Waals surface area (Å²) in [4.78, 5) is 38.5. The standard InChI is InChI=1S/C77H126O6/c1-4-7-10-13-16-19-22-25-28-31-34-36-37-38-39-41-43-46-49-52-55-58-61-64-67-70-76(79)82-73-74(72-81-75(78)69-66-63-60-57-54-51-48-45-42-33-30-27-24-21-18-15-12-9-6-3)83-77(80)71-68-65-62-59-56-53-50-47-44-40-35-32-29-26-23-20-17-14-11-8-5-2/h7-8,10-11,16-21,25-30,34-36,38-40,47,50,74H,4-6,9,12-15,22-24,31-33,37,41-46,48-49,51-73H2,1-3H3/b10-7-,11-8-,19-16-,20-17-,21-18-,28-25-,29-26-,30-27-,36-34-,39-38-,40-35-,50-47-. The molecule has 470 valence electrons. The van der Waals surface area contributed by atoms with Gasteiger partial charge in [0.05, 0.1) is 0 Å². The van der Waals surface area contributed by atoms with Crippen molar-refractivity contribution in [2.75, 3.05) is 13.2 Å². The first-order valence-electron chi connectivity index (χ1n) is 34.3. The van der Waals surface area contributed by atoms with E-state index >= 15 is 0 Å². The second kappa shape index (κ2) is 69.8. The van der Waals surface area contributed by atoms with Gasteiger partial charge in [-0.05, 0) is 141 Å². The van der Waals surface area contributed by atoms with Crippen molar-refractivity contribution in [1.29, 1.82) is 0 Å². The largest absolute Gasteiger partial charge is 0.462 e. The van der Waals surface area contributed by atoms with Gasteiger partial charge in [-0.3, -0.25) is 14.4 Å². The van der Waals surface area contributed by atoms with Crippen LogP contribution in [0.3, 0.4) is 0 Å². The Hall–Kier alpha value is -4.71. The highest BCUT2D eigenvalue weighted by molar-refractivity contribution is 5.71. The molecule has 6 heteroatoms. The van der Waals surface area contributed by atoms with Crippen LogP contribution in [0.1, 0.15) is 303 Å². The summed E-state index contributed by atoms with van der Waals surface area (Å²) in [5.41, 5.74) is 0. The van der Waals surface area contributed by atoms with Crippen LogP contribution in [0.4, 0.5) is 0 Å². The van der Waals surface area contributed by atoms with Gasteiger partial charge in [-0.15, -0.1) is 0 Å². The molecule has 6 nitrogen and oxygen atoms in total. The summed E-state index contributed by atoms with van der Waals surface area (Å²) in [6.07, 6.45) is 99.9. The maximum Gasteiger partial charge on any atom is 0.306 e. The van der Waals surface area contributed by atoms with Crippen molar-refractivity contribution >= 4 is 17.9 Å². The molecular weight excluding hydrogens is 1020 g/mol. The van der Waals surface area contributed by atoms with Crippen molar-refractivity contribution in [2.45, 2.75) is 309 Å². The predicted octanol–water partition coefficient (Wildman–Crippen LogP) is 23.9. The molecule has 0 amide bonds. The molecule has 0 aliphatic heterocycles. The first-order valence-corrected chi connectivity index (χ1v) is 34.3. The van der Waals surface area contributed by atoms with Crippen molar-refractivity contribution in [1.82, 2.24) is 0 Å². The Kier molecular flexibility index (Phi) is 65.8. The number of ether oxygens (including phenoxy) is 3. The van der Waals surface area contributed by atoms with E-state index in [4.69, 9.17) is 14.2 Å². The van der Waals surface area contributed by atoms with Crippen molar-refractivity contribution in [3.05, 3.63) is 146 Å². The van der Waals surface area contributed by atoms with Gasteiger partial charge in [-0.1, -0.05) is 289 Å². The lowest BCUT2D eigenvalue weighted by Crippen LogP contribution is -2.30. The van der Waals surface area contributed by atoms with Crippen LogP contribution < -0.4 is 0 Å². The zero-order valence-electron chi connectivity index (χ0n) is 53.9. The van der Waals surface area contributed by atoms with Gasteiger partial charge in [0.2, 0.25) is 0 Å². The quantitative estimate of drug-likeness (QED) is 0.0261. The molecule has 0 aromatic rings. The highest BCUT2D eigenvalue weighted by Gasteiger charge is 2.19. The topological polar surface area (TPSA) is 78.9 Å². The summed E-state index contributed by atoms with van der Waals surface area (Å²) in [5.74, 6) is -0.918. The van der Waals surface area contributed by atoms with E-state index in [0.29, 0.717) is 19.3 Å². The summed E-state index contributed by atoms with van der Waals surface area (Å²) in [7, 11) is 0. The van der Waals surface area contributed by atoms with Crippen molar-refractivity contribution in [3.8, 4) is 0 Å². The minimum atomic E-state index is -0.802. The Morgan fingerprint density at radius 2 is 0.470 bits per heavy atom. The maximum absolute atomic E-state index is 13.0. The van der Waals surface area contributed by atoms with Crippen molar-refractivity contribution < 1.29 is 28.6 Å². The molecule has 0 fully saturated rings. The van der Waals surface area contributed by atoms with Gasteiger partial charge >= 0.3 is 17.9 Å². The van der Waals surface area contributed by atoms with Crippen LogP contribution in [-0.4, -0.2) is 37.2 Å². The van der Waals surface area contributed by atoms with E-state index in [1.807, 2.05) is 0 Å². The molecule has 0 aliphatic carbocycles. The van der Waals surface area contributed by atoms with E-state index in [1.54, 1.807) is 0 Å². The van der Waals surface area contributed by atoms with Crippen LogP contribution in [0, 0.1) is 0 Å². The third-order valence-electron chi connectivity index (χ3n) is 14.3. The van der Waals surface area contributed by atoms with E-state index < -0.39 is 6.10 Å². The van der Waals surface area contributed by atoms with E-state index in [9.17, 15) is 14.4 Å². The van der Waals surface area contributed by atoms with Gasteiger partial charge in [0.15, 0.2) is 6.10 Å². The van der Waals surface area contributed by atoms with Crippen LogP contribution in [-0.2, 0) is 28.6 Å². The molecule has 0 aliphatic rings. The van der Waals surface area contributed by atoms with Crippen molar-refractivity contribution in [2.24, 2.45) is 0 Å². The number of carbonyl (C=O) groups excluding carboxylic acids is 3. The second-order valence-corrected chi connectivity index (χ2v) is 22.3. The third kappa shape index (κ3) is 68.0. The lowest BCUT2D eigenvalue weighted by atomic mass is 10.1. The van der Waals surface area contributed by atoms with Crippen LogP contribution >= 0.6 is 0 Å². The number of hydrogen-bond acceptors (Lipinski definition) is 6. The molecule has 1 atom stereocenters. The highest BCUT2D eigenvalue weighted by atomic mass is 16.6. The number of hydrogen-bond donors (Lipinski definition) is 0. The molecule has 0 rings (SSSR count). The minimum Gasteiger partial charge on any atom is -0.462 e. The fourth-order valence-electron chi connectivity index (χ4n) is 9.23. The van der Waals surface area contributed by atoms with Gasteiger partial charge in [-0.2, -0.15) is 0 Å². The Morgan fingerprint density at radius 3 is 0.735 bits per heavy atom. The lowest BCUT2D eigenvalue weighted by molar-refractivity contribution is -0.167.